The van der Waals surface area contributed by atoms with E-state index in [1.165, 1.54) is 0 Å². The number of aryl methyl sites for hydroxylation is 1. The van der Waals surface area contributed by atoms with E-state index < -0.39 is 5.97 Å². The number of ether oxygens (including phenoxy) is 3. The van der Waals surface area contributed by atoms with E-state index in [0.717, 1.165) is 16.7 Å². The lowest BCUT2D eigenvalue weighted by molar-refractivity contribution is -0.136. The number of hydrogen-bond acceptors (Lipinski definition) is 6. The molecule has 1 atom stereocenters. The van der Waals surface area contributed by atoms with Crippen molar-refractivity contribution in [3.8, 4) is 23.3 Å². The first-order valence-electron chi connectivity index (χ1n) is 9.82. The largest absolute Gasteiger partial charge is 0.480 e. The van der Waals surface area contributed by atoms with E-state index in [2.05, 4.69) is 6.07 Å². The summed E-state index contributed by atoms with van der Waals surface area (Å²) in [6.07, 6.45) is 0. The molecule has 6 nitrogen and oxygen atoms in total. The number of para-hydroxylation sites is 1. The van der Waals surface area contributed by atoms with Gasteiger partial charge < -0.3 is 19.9 Å². The Morgan fingerprint density at radius 2 is 1.91 bits per heavy atom. The maximum atomic E-state index is 12.2. The Kier molecular flexibility index (Phi) is 6.02. The molecule has 32 heavy (non-hydrogen) atoms. The zero-order valence-electron chi connectivity index (χ0n) is 17.2. The SMILES string of the molecule is Cc1ccc(C2C(C#N)=C(N)Oc3cc(OC(=O)COc4ccccc4Cl)ccc32)cc1. The van der Waals surface area contributed by atoms with E-state index in [-0.39, 0.29) is 24.2 Å². The fraction of sp³-hybridized carbons (Fsp3) is 0.120. The van der Waals surface area contributed by atoms with Gasteiger partial charge in [0.15, 0.2) is 6.61 Å². The molecule has 4 rings (SSSR count). The molecule has 1 aliphatic heterocycles. The van der Waals surface area contributed by atoms with Crippen LogP contribution < -0.4 is 19.9 Å². The maximum absolute atomic E-state index is 12.2. The molecule has 1 heterocycles. The second-order valence-corrected chi connectivity index (χ2v) is 7.64. The van der Waals surface area contributed by atoms with E-state index in [1.54, 1.807) is 42.5 Å². The number of fused-ring (bicyclic) bond motifs is 1. The van der Waals surface area contributed by atoms with Crippen molar-refractivity contribution in [2.45, 2.75) is 12.8 Å². The van der Waals surface area contributed by atoms with Crippen LogP contribution in [0.5, 0.6) is 17.2 Å². The van der Waals surface area contributed by atoms with E-state index in [9.17, 15) is 10.1 Å². The zero-order chi connectivity index (χ0) is 22.7. The lowest BCUT2D eigenvalue weighted by atomic mass is 9.83. The van der Waals surface area contributed by atoms with Crippen molar-refractivity contribution in [1.82, 2.24) is 0 Å². The van der Waals surface area contributed by atoms with Crippen LogP contribution in [0.15, 0.2) is 78.2 Å². The predicted molar refractivity (Wildman–Crippen MR) is 120 cm³/mol. The Hall–Kier alpha value is -3.95. The molecule has 0 saturated carbocycles. The average molecular weight is 447 g/mol. The van der Waals surface area contributed by atoms with Crippen LogP contribution in [0.4, 0.5) is 0 Å². The molecule has 0 saturated heterocycles. The van der Waals surface area contributed by atoms with Crippen molar-refractivity contribution in [3.63, 3.8) is 0 Å². The van der Waals surface area contributed by atoms with Crippen LogP contribution in [0, 0.1) is 18.3 Å². The number of benzene rings is 3. The number of carbonyl (C=O) groups is 1. The second kappa shape index (κ2) is 9.04. The number of carbonyl (C=O) groups excluding carboxylic acids is 1. The van der Waals surface area contributed by atoms with Crippen molar-refractivity contribution < 1.29 is 19.0 Å². The fourth-order valence-electron chi connectivity index (χ4n) is 3.46. The van der Waals surface area contributed by atoms with Crippen molar-refractivity contribution in [2.75, 3.05) is 6.61 Å². The summed E-state index contributed by atoms with van der Waals surface area (Å²) in [6, 6.07) is 21.9. The molecule has 0 aromatic heterocycles. The topological polar surface area (TPSA) is 94.6 Å². The van der Waals surface area contributed by atoms with Gasteiger partial charge in [0, 0.05) is 11.6 Å². The minimum atomic E-state index is -0.600. The van der Waals surface area contributed by atoms with Crippen LogP contribution >= 0.6 is 11.6 Å². The van der Waals surface area contributed by atoms with E-state index in [4.69, 9.17) is 31.5 Å². The summed E-state index contributed by atoms with van der Waals surface area (Å²) < 4.78 is 16.5. The van der Waals surface area contributed by atoms with Gasteiger partial charge in [-0.2, -0.15) is 5.26 Å². The summed E-state index contributed by atoms with van der Waals surface area (Å²) in [6.45, 7) is 1.68. The quantitative estimate of drug-likeness (QED) is 0.444. The number of nitrogens with two attached hydrogens (primary N) is 1. The molecule has 1 aliphatic rings. The van der Waals surface area contributed by atoms with Gasteiger partial charge in [0.2, 0.25) is 5.88 Å². The second-order valence-electron chi connectivity index (χ2n) is 7.23. The van der Waals surface area contributed by atoms with Crippen molar-refractivity contribution in [2.24, 2.45) is 5.73 Å². The zero-order valence-corrected chi connectivity index (χ0v) is 17.9. The molecular weight excluding hydrogens is 428 g/mol. The average Bonchev–Trinajstić information content (AvgIpc) is 2.78. The number of nitriles is 1. The Bertz CT molecular complexity index is 1250. The minimum Gasteiger partial charge on any atom is -0.480 e. The van der Waals surface area contributed by atoms with Crippen LogP contribution in [0.1, 0.15) is 22.6 Å². The smallest absolute Gasteiger partial charge is 0.349 e. The van der Waals surface area contributed by atoms with Gasteiger partial charge in [0.1, 0.15) is 28.9 Å². The molecule has 3 aromatic rings. The molecule has 160 valence electrons. The lowest BCUT2D eigenvalue weighted by Gasteiger charge is -2.26. The molecule has 0 spiro atoms. The van der Waals surface area contributed by atoms with Crippen LogP contribution in [0.2, 0.25) is 5.02 Å². The fourth-order valence-corrected chi connectivity index (χ4v) is 3.65. The highest BCUT2D eigenvalue weighted by atomic mass is 35.5. The Balaban J connectivity index is 1.55. The first-order valence-corrected chi connectivity index (χ1v) is 10.2. The molecule has 0 bridgehead atoms. The molecule has 7 heteroatoms. The third kappa shape index (κ3) is 4.39. The molecule has 1 unspecified atom stereocenters. The number of halogens is 1. The summed E-state index contributed by atoms with van der Waals surface area (Å²) in [5.41, 5.74) is 9.15. The van der Waals surface area contributed by atoms with Gasteiger partial charge >= 0.3 is 5.97 Å². The Morgan fingerprint density at radius 1 is 1.16 bits per heavy atom. The molecule has 0 aliphatic carbocycles. The number of hydrogen-bond donors (Lipinski definition) is 1. The highest BCUT2D eigenvalue weighted by Crippen LogP contribution is 2.43. The van der Waals surface area contributed by atoms with Gasteiger partial charge in [-0.05, 0) is 30.7 Å². The third-order valence-corrected chi connectivity index (χ3v) is 5.33. The standard InChI is InChI=1S/C25H19ClN2O4/c1-15-6-8-16(9-7-15)24-18-11-10-17(12-22(18)32-25(28)19(24)13-27)31-23(29)14-30-21-5-3-2-4-20(21)26/h2-12,24H,14,28H2,1H3. The number of allylic oxidation sites excluding steroid dienone is 1. The molecule has 0 fully saturated rings. The molecule has 2 N–H and O–H groups in total. The van der Waals surface area contributed by atoms with E-state index in [1.807, 2.05) is 31.2 Å². The summed E-state index contributed by atoms with van der Waals surface area (Å²) in [7, 11) is 0. The van der Waals surface area contributed by atoms with Crippen molar-refractivity contribution >= 4 is 17.6 Å². The van der Waals surface area contributed by atoms with Gasteiger partial charge in [0.25, 0.3) is 0 Å². The summed E-state index contributed by atoms with van der Waals surface area (Å²) in [5, 5.41) is 10.1. The van der Waals surface area contributed by atoms with Crippen LogP contribution in [-0.4, -0.2) is 12.6 Å². The van der Waals surface area contributed by atoms with Crippen LogP contribution in [0.25, 0.3) is 0 Å². The maximum Gasteiger partial charge on any atom is 0.349 e. The highest BCUT2D eigenvalue weighted by Gasteiger charge is 2.31. The normalized spacial score (nSPS) is 14.7. The molecule has 3 aromatic carbocycles. The number of rotatable bonds is 5. The van der Waals surface area contributed by atoms with Crippen LogP contribution in [0.3, 0.4) is 0 Å². The van der Waals surface area contributed by atoms with Gasteiger partial charge in [0.05, 0.1) is 10.9 Å². The third-order valence-electron chi connectivity index (χ3n) is 5.02. The first kappa shape index (κ1) is 21.3. The minimum absolute atomic E-state index is 0.0242. The lowest BCUT2D eigenvalue weighted by Crippen LogP contribution is -2.21. The summed E-state index contributed by atoms with van der Waals surface area (Å²) in [4.78, 5) is 12.2. The van der Waals surface area contributed by atoms with Crippen LogP contribution in [-0.2, 0) is 4.79 Å². The van der Waals surface area contributed by atoms with Gasteiger partial charge in [-0.3, -0.25) is 0 Å². The number of nitrogens with zero attached hydrogens (tertiary/aromatic N) is 1. The van der Waals surface area contributed by atoms with Crippen molar-refractivity contribution in [1.29, 1.82) is 5.26 Å². The monoisotopic (exact) mass is 446 g/mol. The number of esters is 1. The van der Waals surface area contributed by atoms with E-state index in [0.29, 0.717) is 22.1 Å². The Labute approximate surface area is 190 Å². The summed E-state index contributed by atoms with van der Waals surface area (Å²) in [5.74, 6) is 0.130. The van der Waals surface area contributed by atoms with Gasteiger partial charge in [-0.1, -0.05) is 59.6 Å². The first-order chi connectivity index (χ1) is 15.5. The van der Waals surface area contributed by atoms with Crippen molar-refractivity contribution in [3.05, 3.63) is 99.9 Å². The molecular formula is C25H19ClN2O4. The summed E-state index contributed by atoms with van der Waals surface area (Å²) >= 11 is 6.02. The highest BCUT2D eigenvalue weighted by molar-refractivity contribution is 6.32. The van der Waals surface area contributed by atoms with Gasteiger partial charge in [-0.25, -0.2) is 4.79 Å². The predicted octanol–water partition coefficient (Wildman–Crippen LogP) is 4.85. The Morgan fingerprint density at radius 3 is 2.62 bits per heavy atom. The van der Waals surface area contributed by atoms with E-state index >= 15 is 0 Å². The molecule has 0 amide bonds. The van der Waals surface area contributed by atoms with Gasteiger partial charge in [-0.15, -0.1) is 0 Å². The molecule has 0 radical (unpaired) electrons.